The summed E-state index contributed by atoms with van der Waals surface area (Å²) < 4.78 is 50.4. The van der Waals surface area contributed by atoms with Crippen LogP contribution in [0.1, 0.15) is 39.3 Å². The minimum Gasteiger partial charge on any atom is -0.379 e. The van der Waals surface area contributed by atoms with Gasteiger partial charge in [0.15, 0.2) is 0 Å². The van der Waals surface area contributed by atoms with Crippen LogP contribution in [0.25, 0.3) is 0 Å². The Hall–Kier alpha value is -3.44. The number of nitrogens with zero attached hydrogens (tertiary/aromatic N) is 6. The smallest absolute Gasteiger partial charge is 0.379 e. The van der Waals surface area contributed by atoms with E-state index in [2.05, 4.69) is 22.1 Å². The van der Waals surface area contributed by atoms with E-state index in [1.54, 1.807) is 18.5 Å². The largest absolute Gasteiger partial charge is 0.416 e. The lowest BCUT2D eigenvalue weighted by Crippen LogP contribution is -2.49. The summed E-state index contributed by atoms with van der Waals surface area (Å²) in [7, 11) is 3.94. The van der Waals surface area contributed by atoms with Crippen molar-refractivity contribution in [3.05, 3.63) is 70.8 Å². The van der Waals surface area contributed by atoms with Gasteiger partial charge in [-0.3, -0.25) is 9.69 Å². The number of ether oxygens (including phenoxy) is 1. The van der Waals surface area contributed by atoms with Crippen LogP contribution in [0.3, 0.4) is 0 Å². The summed E-state index contributed by atoms with van der Waals surface area (Å²) in [5.41, 5.74) is 1.16. The SMILES string of the molecule is CN1C[C@@H]2C[C@H]1CN2c1cc2c(c(C(F)(F)F)c1)CN(c1cccc(C3(Cc4nncn4C)COC3)c1)C2=O. The van der Waals surface area contributed by atoms with Crippen LogP contribution < -0.4 is 9.80 Å². The first-order valence-electron chi connectivity index (χ1n) is 13.2. The molecule has 8 nitrogen and oxygen atoms in total. The Morgan fingerprint density at radius 2 is 1.90 bits per heavy atom. The van der Waals surface area contributed by atoms with Crippen molar-refractivity contribution in [2.24, 2.45) is 7.05 Å². The molecule has 3 fully saturated rings. The molecular formula is C28H29F3N6O2. The average Bonchev–Trinajstić information content (AvgIpc) is 3.64. The molecular weight excluding hydrogens is 509 g/mol. The second-order valence-corrected chi connectivity index (χ2v) is 11.4. The number of amides is 1. The molecule has 1 aromatic heterocycles. The van der Waals surface area contributed by atoms with Crippen molar-refractivity contribution in [2.75, 3.05) is 43.2 Å². The van der Waals surface area contributed by atoms with E-state index in [0.29, 0.717) is 43.6 Å². The second kappa shape index (κ2) is 8.53. The van der Waals surface area contributed by atoms with E-state index in [0.717, 1.165) is 24.4 Å². The Morgan fingerprint density at radius 1 is 1.08 bits per heavy atom. The fraction of sp³-hybridized carbons (Fsp3) is 0.464. The van der Waals surface area contributed by atoms with Crippen LogP contribution in [-0.4, -0.2) is 71.0 Å². The number of carbonyl (C=O) groups excluding carboxylic acids is 1. The van der Waals surface area contributed by atoms with Crippen molar-refractivity contribution in [3.63, 3.8) is 0 Å². The molecule has 4 aliphatic rings. The first kappa shape index (κ1) is 24.6. The molecule has 2 bridgehead atoms. The molecule has 11 heteroatoms. The third-order valence-corrected chi connectivity index (χ3v) is 9.01. The molecule has 4 aliphatic heterocycles. The highest BCUT2D eigenvalue weighted by atomic mass is 19.4. The number of anilines is 2. The van der Waals surface area contributed by atoms with Gasteiger partial charge in [0.25, 0.3) is 5.91 Å². The third kappa shape index (κ3) is 3.85. The van der Waals surface area contributed by atoms with E-state index in [9.17, 15) is 18.0 Å². The van der Waals surface area contributed by atoms with Crippen LogP contribution in [0.4, 0.5) is 24.5 Å². The Morgan fingerprint density at radius 3 is 2.51 bits per heavy atom. The number of likely N-dealkylation sites (tertiary alicyclic amines) is 1. The van der Waals surface area contributed by atoms with Crippen LogP contribution in [-0.2, 0) is 36.3 Å². The summed E-state index contributed by atoms with van der Waals surface area (Å²) >= 11 is 0. The van der Waals surface area contributed by atoms with Gasteiger partial charge in [-0.1, -0.05) is 12.1 Å². The van der Waals surface area contributed by atoms with Gasteiger partial charge in [0, 0.05) is 61.0 Å². The monoisotopic (exact) mass is 538 g/mol. The zero-order valence-corrected chi connectivity index (χ0v) is 21.8. The van der Waals surface area contributed by atoms with Gasteiger partial charge >= 0.3 is 6.18 Å². The van der Waals surface area contributed by atoms with Crippen molar-refractivity contribution in [1.82, 2.24) is 19.7 Å². The summed E-state index contributed by atoms with van der Waals surface area (Å²) in [4.78, 5) is 19.4. The predicted octanol–water partition coefficient (Wildman–Crippen LogP) is 3.40. The third-order valence-electron chi connectivity index (χ3n) is 9.01. The van der Waals surface area contributed by atoms with Crippen LogP contribution in [0.15, 0.2) is 42.7 Å². The van der Waals surface area contributed by atoms with Gasteiger partial charge in [-0.25, -0.2) is 0 Å². The van der Waals surface area contributed by atoms with Crippen molar-refractivity contribution in [2.45, 2.75) is 43.1 Å². The normalized spacial score (nSPS) is 24.0. The van der Waals surface area contributed by atoms with E-state index in [4.69, 9.17) is 4.74 Å². The topological polar surface area (TPSA) is 66.7 Å². The number of benzene rings is 2. The molecule has 0 saturated carbocycles. The number of fused-ring (bicyclic) bond motifs is 3. The highest BCUT2D eigenvalue weighted by molar-refractivity contribution is 6.11. The van der Waals surface area contributed by atoms with Gasteiger partial charge in [0.1, 0.15) is 12.2 Å². The molecule has 0 aliphatic carbocycles. The van der Waals surface area contributed by atoms with Gasteiger partial charge in [-0.05, 0) is 48.9 Å². The molecule has 0 radical (unpaired) electrons. The number of hydrogen-bond donors (Lipinski definition) is 0. The molecule has 2 atom stereocenters. The van der Waals surface area contributed by atoms with Gasteiger partial charge in [-0.15, -0.1) is 10.2 Å². The Bertz CT molecular complexity index is 1460. The molecule has 3 saturated heterocycles. The highest BCUT2D eigenvalue weighted by Gasteiger charge is 2.46. The van der Waals surface area contributed by atoms with Crippen molar-refractivity contribution in [3.8, 4) is 0 Å². The molecule has 204 valence electrons. The molecule has 2 aromatic carbocycles. The zero-order valence-electron chi connectivity index (χ0n) is 21.8. The Labute approximate surface area is 224 Å². The van der Waals surface area contributed by atoms with Crippen LogP contribution in [0.2, 0.25) is 0 Å². The molecule has 1 amide bonds. The van der Waals surface area contributed by atoms with Crippen molar-refractivity contribution >= 4 is 17.3 Å². The maximum absolute atomic E-state index is 14.3. The minimum atomic E-state index is -4.56. The van der Waals surface area contributed by atoms with E-state index >= 15 is 0 Å². The minimum absolute atomic E-state index is 0.0453. The molecule has 3 aromatic rings. The summed E-state index contributed by atoms with van der Waals surface area (Å²) in [6.45, 7) is 2.36. The number of alkyl halides is 3. The number of aromatic nitrogens is 3. The molecule has 7 rings (SSSR count). The summed E-state index contributed by atoms with van der Waals surface area (Å²) in [5, 5.41) is 8.19. The molecule has 5 heterocycles. The fourth-order valence-electron chi connectivity index (χ4n) is 6.70. The van der Waals surface area contributed by atoms with Crippen LogP contribution in [0, 0.1) is 0 Å². The number of likely N-dealkylation sites (N-methyl/N-ethyl adjacent to an activating group) is 1. The molecule has 0 unspecified atom stereocenters. The number of piperazine rings is 1. The molecule has 39 heavy (non-hydrogen) atoms. The lowest BCUT2D eigenvalue weighted by atomic mass is 9.75. The Balaban J connectivity index is 1.23. The second-order valence-electron chi connectivity index (χ2n) is 11.4. The summed E-state index contributed by atoms with van der Waals surface area (Å²) in [6.07, 6.45) is -1.37. The van der Waals surface area contributed by atoms with Crippen molar-refractivity contribution in [1.29, 1.82) is 0 Å². The standard InChI is InChI=1S/C28H29F3N6O2/c1-34-11-21-7-20(34)12-36(21)19-8-22-23(24(9-19)28(29,30)31)13-37(26(22)38)18-5-3-4-17(6-18)27(14-39-15-27)10-25-33-32-16-35(25)2/h3-6,8-9,16,20-21H,7,10-15H2,1-2H3/t20-,21-/m0/s1. The highest BCUT2D eigenvalue weighted by Crippen LogP contribution is 2.44. The first-order valence-corrected chi connectivity index (χ1v) is 13.2. The number of halogens is 3. The molecule has 0 spiro atoms. The lowest BCUT2D eigenvalue weighted by Gasteiger charge is -2.42. The van der Waals surface area contributed by atoms with E-state index < -0.39 is 17.6 Å². The van der Waals surface area contributed by atoms with E-state index in [1.165, 1.54) is 11.0 Å². The summed E-state index contributed by atoms with van der Waals surface area (Å²) in [5.74, 6) is 0.417. The number of rotatable bonds is 5. The number of hydrogen-bond acceptors (Lipinski definition) is 6. The molecule has 0 N–H and O–H groups in total. The van der Waals surface area contributed by atoms with E-state index in [1.807, 2.05) is 34.7 Å². The van der Waals surface area contributed by atoms with Crippen LogP contribution in [0.5, 0.6) is 0 Å². The average molecular weight is 539 g/mol. The van der Waals surface area contributed by atoms with E-state index in [-0.39, 0.29) is 29.1 Å². The fourth-order valence-corrected chi connectivity index (χ4v) is 6.70. The number of carbonyl (C=O) groups is 1. The van der Waals surface area contributed by atoms with Gasteiger partial charge in [-0.2, -0.15) is 13.2 Å². The van der Waals surface area contributed by atoms with Crippen LogP contribution >= 0.6 is 0 Å². The van der Waals surface area contributed by atoms with Gasteiger partial charge in [0.05, 0.1) is 25.3 Å². The quantitative estimate of drug-likeness (QED) is 0.496. The lowest BCUT2D eigenvalue weighted by molar-refractivity contribution is -0.138. The van der Waals surface area contributed by atoms with Gasteiger partial charge < -0.3 is 19.1 Å². The number of aryl methyl sites for hydroxylation is 1. The maximum atomic E-state index is 14.3. The zero-order chi connectivity index (χ0) is 27.1. The maximum Gasteiger partial charge on any atom is 0.416 e. The summed E-state index contributed by atoms with van der Waals surface area (Å²) in [6, 6.07) is 10.9. The van der Waals surface area contributed by atoms with Gasteiger partial charge in [0.2, 0.25) is 0 Å². The Kier molecular flexibility index (Phi) is 5.38. The first-order chi connectivity index (χ1) is 18.6. The predicted molar refractivity (Wildman–Crippen MR) is 138 cm³/mol. The van der Waals surface area contributed by atoms with Crippen molar-refractivity contribution < 1.29 is 22.7 Å².